The predicted molar refractivity (Wildman–Crippen MR) is 230 cm³/mol. The summed E-state index contributed by atoms with van der Waals surface area (Å²) in [5.41, 5.74) is 0. The summed E-state index contributed by atoms with van der Waals surface area (Å²) in [5.74, 6) is -1.32. The Bertz CT molecular complexity index is 634. The number of unbranched alkanes of at least 4 members (excludes halogenated alkanes) is 32. The van der Waals surface area contributed by atoms with E-state index in [-0.39, 0.29) is 11.8 Å². The summed E-state index contributed by atoms with van der Waals surface area (Å²) in [6.45, 7) is 9.03. The van der Waals surface area contributed by atoms with E-state index in [0.29, 0.717) is 0 Å². The van der Waals surface area contributed by atoms with Gasteiger partial charge < -0.3 is 10.2 Å². The third kappa shape index (κ3) is 43.3. The summed E-state index contributed by atoms with van der Waals surface area (Å²) >= 11 is 0. The molecule has 0 aliphatic heterocycles. The Kier molecular flexibility index (Phi) is 47.0. The number of rotatable bonds is 42. The van der Waals surface area contributed by atoms with Crippen LogP contribution in [0.2, 0.25) is 0 Å². The van der Waals surface area contributed by atoms with Crippen LogP contribution < -0.4 is 0 Å². The van der Waals surface area contributed by atoms with E-state index in [9.17, 15) is 19.8 Å². The molecule has 0 aliphatic rings. The maximum absolute atomic E-state index is 11.4. The van der Waals surface area contributed by atoms with Crippen LogP contribution in [-0.2, 0) is 9.59 Å². The molecule has 2 unspecified atom stereocenters. The molecule has 2 N–H and O–H groups in total. The van der Waals surface area contributed by atoms with Gasteiger partial charge in [0.25, 0.3) is 0 Å². The van der Waals surface area contributed by atoms with Crippen LogP contribution in [0.3, 0.4) is 0 Å². The first-order valence-corrected chi connectivity index (χ1v) is 23.9. The number of carboxylic acids is 2. The molecular formula is C48H96O4. The van der Waals surface area contributed by atoms with Crippen molar-refractivity contribution in [1.82, 2.24) is 0 Å². The van der Waals surface area contributed by atoms with E-state index >= 15 is 0 Å². The largest absolute Gasteiger partial charge is 0.481 e. The lowest BCUT2D eigenvalue weighted by Gasteiger charge is -2.12. The summed E-state index contributed by atoms with van der Waals surface area (Å²) in [4.78, 5) is 22.9. The fraction of sp³-hybridized carbons (Fsp3) is 0.958. The molecule has 0 aromatic heterocycles. The average molecular weight is 737 g/mol. The smallest absolute Gasteiger partial charge is 0.306 e. The Morgan fingerprint density at radius 2 is 0.404 bits per heavy atom. The second-order valence-electron chi connectivity index (χ2n) is 16.5. The van der Waals surface area contributed by atoms with Crippen molar-refractivity contribution in [1.29, 1.82) is 0 Å². The number of aliphatic carboxylic acids is 2. The second-order valence-corrected chi connectivity index (χ2v) is 16.5. The number of carboxylic acid groups (broad SMARTS) is 2. The standard InChI is InChI=1S/2C24H48O2/c2*1-3-5-7-9-11-13-14-16-18-20-22-23(24(25)26)21-19-17-15-12-10-8-6-4-2/h2*23H,3-22H2,1-2H3,(H,25,26). The summed E-state index contributed by atoms with van der Waals surface area (Å²) in [7, 11) is 0. The van der Waals surface area contributed by atoms with Gasteiger partial charge in [0, 0.05) is 0 Å². The minimum absolute atomic E-state index is 0.0934. The Balaban J connectivity index is 0. The topological polar surface area (TPSA) is 74.6 Å². The first kappa shape index (κ1) is 53.0. The summed E-state index contributed by atoms with van der Waals surface area (Å²) in [5, 5.41) is 18.8. The van der Waals surface area contributed by atoms with E-state index in [1.165, 1.54) is 205 Å². The Morgan fingerprint density at radius 3 is 0.538 bits per heavy atom. The highest BCUT2D eigenvalue weighted by molar-refractivity contribution is 5.70. The second kappa shape index (κ2) is 46.1. The monoisotopic (exact) mass is 737 g/mol. The van der Waals surface area contributed by atoms with Gasteiger partial charge in [0.2, 0.25) is 0 Å². The van der Waals surface area contributed by atoms with Crippen molar-refractivity contribution in [2.24, 2.45) is 11.8 Å². The van der Waals surface area contributed by atoms with E-state index in [0.717, 1.165) is 51.4 Å². The molecule has 0 aliphatic carbocycles. The van der Waals surface area contributed by atoms with Crippen molar-refractivity contribution in [3.05, 3.63) is 0 Å². The lowest BCUT2D eigenvalue weighted by Crippen LogP contribution is -2.13. The van der Waals surface area contributed by atoms with E-state index in [2.05, 4.69) is 27.7 Å². The normalized spacial score (nSPS) is 12.4. The molecule has 0 spiro atoms. The Labute approximate surface area is 327 Å². The van der Waals surface area contributed by atoms with Gasteiger partial charge in [-0.2, -0.15) is 0 Å². The summed E-state index contributed by atoms with van der Waals surface area (Å²) in [6, 6.07) is 0. The van der Waals surface area contributed by atoms with E-state index in [1.54, 1.807) is 0 Å². The number of carbonyl (C=O) groups is 2. The lowest BCUT2D eigenvalue weighted by molar-refractivity contribution is -0.143. The maximum Gasteiger partial charge on any atom is 0.306 e. The molecule has 0 aromatic rings. The summed E-state index contributed by atoms with van der Waals surface area (Å²) < 4.78 is 0. The minimum Gasteiger partial charge on any atom is -0.481 e. The van der Waals surface area contributed by atoms with Crippen LogP contribution in [0.4, 0.5) is 0 Å². The minimum atomic E-state index is -0.566. The number of hydrogen-bond acceptors (Lipinski definition) is 2. The van der Waals surface area contributed by atoms with Crippen LogP contribution in [0.15, 0.2) is 0 Å². The fourth-order valence-corrected chi connectivity index (χ4v) is 7.59. The highest BCUT2D eigenvalue weighted by atomic mass is 16.4. The highest BCUT2D eigenvalue weighted by Gasteiger charge is 2.17. The molecule has 0 aromatic carbocycles. The first-order chi connectivity index (χ1) is 25.4. The molecule has 0 saturated heterocycles. The molecule has 4 heteroatoms. The molecule has 312 valence electrons. The molecule has 0 fully saturated rings. The molecule has 0 rings (SSSR count). The lowest BCUT2D eigenvalue weighted by atomic mass is 9.94. The van der Waals surface area contributed by atoms with Crippen LogP contribution >= 0.6 is 0 Å². The Hall–Kier alpha value is -1.06. The van der Waals surface area contributed by atoms with E-state index < -0.39 is 11.9 Å². The van der Waals surface area contributed by atoms with Crippen molar-refractivity contribution in [2.45, 2.75) is 285 Å². The molecular weight excluding hydrogens is 641 g/mol. The van der Waals surface area contributed by atoms with Gasteiger partial charge in [0.15, 0.2) is 0 Å². The van der Waals surface area contributed by atoms with Gasteiger partial charge in [-0.05, 0) is 25.7 Å². The van der Waals surface area contributed by atoms with Gasteiger partial charge in [0.1, 0.15) is 0 Å². The van der Waals surface area contributed by atoms with Crippen LogP contribution in [0, 0.1) is 11.8 Å². The number of hydrogen-bond donors (Lipinski definition) is 2. The first-order valence-electron chi connectivity index (χ1n) is 23.9. The zero-order valence-corrected chi connectivity index (χ0v) is 36.1. The predicted octanol–water partition coefficient (Wildman–Crippen LogP) is 17.1. The SMILES string of the molecule is CCCCCCCCCCCCC(CCCCCCCCCC)C(=O)O.CCCCCCCCCCCCC(CCCCCCCCCC)C(=O)O. The molecule has 0 saturated carbocycles. The molecule has 0 amide bonds. The van der Waals surface area contributed by atoms with E-state index in [1.807, 2.05) is 0 Å². The van der Waals surface area contributed by atoms with Crippen LogP contribution in [0.1, 0.15) is 285 Å². The molecule has 0 radical (unpaired) electrons. The van der Waals surface area contributed by atoms with Gasteiger partial charge in [-0.25, -0.2) is 0 Å². The third-order valence-electron chi connectivity index (χ3n) is 11.3. The van der Waals surface area contributed by atoms with Crippen LogP contribution in [0.25, 0.3) is 0 Å². The van der Waals surface area contributed by atoms with Crippen molar-refractivity contribution >= 4 is 11.9 Å². The summed E-state index contributed by atoms with van der Waals surface area (Å²) in [6.07, 6.45) is 50.6. The van der Waals surface area contributed by atoms with Gasteiger partial charge in [-0.15, -0.1) is 0 Å². The van der Waals surface area contributed by atoms with Gasteiger partial charge in [-0.1, -0.05) is 259 Å². The van der Waals surface area contributed by atoms with Crippen molar-refractivity contribution in [3.8, 4) is 0 Å². The third-order valence-corrected chi connectivity index (χ3v) is 11.3. The van der Waals surface area contributed by atoms with Crippen molar-refractivity contribution in [3.63, 3.8) is 0 Å². The Morgan fingerprint density at radius 1 is 0.269 bits per heavy atom. The average Bonchev–Trinajstić information content (AvgIpc) is 3.13. The molecule has 4 nitrogen and oxygen atoms in total. The van der Waals surface area contributed by atoms with Gasteiger partial charge in [0.05, 0.1) is 11.8 Å². The molecule has 0 bridgehead atoms. The molecule has 2 atom stereocenters. The highest BCUT2D eigenvalue weighted by Crippen LogP contribution is 2.22. The van der Waals surface area contributed by atoms with Gasteiger partial charge in [-0.3, -0.25) is 9.59 Å². The fourth-order valence-electron chi connectivity index (χ4n) is 7.59. The molecule has 0 heterocycles. The van der Waals surface area contributed by atoms with Crippen LogP contribution in [-0.4, -0.2) is 22.2 Å². The zero-order valence-electron chi connectivity index (χ0n) is 36.1. The zero-order chi connectivity index (χ0) is 38.6. The van der Waals surface area contributed by atoms with Crippen molar-refractivity contribution in [2.75, 3.05) is 0 Å². The van der Waals surface area contributed by atoms with Gasteiger partial charge >= 0.3 is 11.9 Å². The molecule has 52 heavy (non-hydrogen) atoms. The van der Waals surface area contributed by atoms with E-state index in [4.69, 9.17) is 0 Å². The maximum atomic E-state index is 11.4. The van der Waals surface area contributed by atoms with Crippen molar-refractivity contribution < 1.29 is 19.8 Å². The quantitative estimate of drug-likeness (QED) is 0.0612. The van der Waals surface area contributed by atoms with Crippen LogP contribution in [0.5, 0.6) is 0 Å².